The zero-order valence-corrected chi connectivity index (χ0v) is 15.6. The Kier molecular flexibility index (Phi) is 6.68. The van der Waals surface area contributed by atoms with Gasteiger partial charge in [0.2, 0.25) is 0 Å². The molecule has 0 aliphatic heterocycles. The first-order valence-corrected chi connectivity index (χ1v) is 9.34. The van der Waals surface area contributed by atoms with E-state index in [2.05, 4.69) is 33.1 Å². The molecule has 3 rings (SSSR count). The van der Waals surface area contributed by atoms with Crippen molar-refractivity contribution in [1.29, 1.82) is 0 Å². The molecule has 6 nitrogen and oxygen atoms in total. The minimum atomic E-state index is -0.126. The van der Waals surface area contributed by atoms with Gasteiger partial charge in [0.25, 0.3) is 5.91 Å². The van der Waals surface area contributed by atoms with Crippen molar-refractivity contribution in [2.45, 2.75) is 38.9 Å². The first-order chi connectivity index (χ1) is 13.2. The molecule has 2 aromatic rings. The summed E-state index contributed by atoms with van der Waals surface area (Å²) in [5.74, 6) is 1.41. The van der Waals surface area contributed by atoms with Crippen LogP contribution in [0.25, 0.3) is 0 Å². The van der Waals surface area contributed by atoms with Gasteiger partial charge >= 0.3 is 0 Å². The number of amides is 1. The summed E-state index contributed by atoms with van der Waals surface area (Å²) in [4.78, 5) is 17.0. The Morgan fingerprint density at radius 3 is 2.78 bits per heavy atom. The molecule has 1 amide bonds. The maximum Gasteiger partial charge on any atom is 0.251 e. The molecule has 3 N–H and O–H groups in total. The van der Waals surface area contributed by atoms with Crippen LogP contribution in [-0.4, -0.2) is 24.5 Å². The molecule has 0 spiro atoms. The van der Waals surface area contributed by atoms with Gasteiger partial charge in [-0.05, 0) is 49.6 Å². The molecule has 0 radical (unpaired) electrons. The van der Waals surface area contributed by atoms with Crippen LogP contribution in [0, 0.1) is 0 Å². The van der Waals surface area contributed by atoms with Crippen LogP contribution < -0.4 is 16.0 Å². The van der Waals surface area contributed by atoms with E-state index in [0.717, 1.165) is 36.7 Å². The lowest BCUT2D eigenvalue weighted by Crippen LogP contribution is -2.42. The molecule has 1 aromatic heterocycles. The van der Waals surface area contributed by atoms with Crippen molar-refractivity contribution in [3.63, 3.8) is 0 Å². The molecule has 6 heteroatoms. The molecule has 1 aliphatic carbocycles. The van der Waals surface area contributed by atoms with Crippen molar-refractivity contribution in [2.24, 2.45) is 4.99 Å². The number of carbonyl (C=O) groups is 1. The number of benzene rings is 1. The summed E-state index contributed by atoms with van der Waals surface area (Å²) < 4.78 is 5.24. The monoisotopic (exact) mass is 366 g/mol. The van der Waals surface area contributed by atoms with Gasteiger partial charge in [-0.1, -0.05) is 24.3 Å². The Balaban J connectivity index is 1.58. The molecule has 1 aliphatic rings. The van der Waals surface area contributed by atoms with Gasteiger partial charge < -0.3 is 20.4 Å². The Labute approximate surface area is 159 Å². The van der Waals surface area contributed by atoms with E-state index in [-0.39, 0.29) is 5.91 Å². The molecule has 0 saturated carbocycles. The predicted molar refractivity (Wildman–Crippen MR) is 106 cm³/mol. The average molecular weight is 366 g/mol. The largest absolute Gasteiger partial charge is 0.467 e. The normalized spacial score (nSPS) is 14.3. The fourth-order valence-electron chi connectivity index (χ4n) is 2.91. The third kappa shape index (κ3) is 5.74. The summed E-state index contributed by atoms with van der Waals surface area (Å²) >= 11 is 0. The molecule has 142 valence electrons. The molecular weight excluding hydrogens is 340 g/mol. The van der Waals surface area contributed by atoms with Gasteiger partial charge in [-0.2, -0.15) is 0 Å². The fourth-order valence-corrected chi connectivity index (χ4v) is 2.91. The molecule has 0 bridgehead atoms. The summed E-state index contributed by atoms with van der Waals surface area (Å²) in [6.07, 6.45) is 8.02. The Morgan fingerprint density at radius 2 is 2.04 bits per heavy atom. The highest BCUT2D eigenvalue weighted by molar-refractivity contribution is 5.94. The van der Waals surface area contributed by atoms with E-state index in [1.165, 1.54) is 0 Å². The van der Waals surface area contributed by atoms with Crippen molar-refractivity contribution >= 4 is 11.9 Å². The van der Waals surface area contributed by atoms with Crippen molar-refractivity contribution in [3.05, 3.63) is 71.7 Å². The van der Waals surface area contributed by atoms with Crippen molar-refractivity contribution < 1.29 is 9.21 Å². The summed E-state index contributed by atoms with van der Waals surface area (Å²) in [5, 5.41) is 9.58. The standard InChI is InChI=1S/C21H26N4O2/c1-2-22-21(25-18-9-3-4-10-18)24-14-16-7-5-8-17(13-16)20(26)23-15-19-11-6-12-27-19/h3-8,11-13,18H,2,9-10,14-15H2,1H3,(H,23,26)(H2,22,24,25). The van der Waals surface area contributed by atoms with Crippen LogP contribution in [0.1, 0.15) is 41.4 Å². The SMILES string of the molecule is CCNC(=NCc1cccc(C(=O)NCc2ccco2)c1)NC1CC=CC1. The Hall–Kier alpha value is -3.02. The second-order valence-corrected chi connectivity index (χ2v) is 6.44. The molecule has 1 aromatic carbocycles. The van der Waals surface area contributed by atoms with Crippen LogP contribution in [0.4, 0.5) is 0 Å². The van der Waals surface area contributed by atoms with Crippen LogP contribution in [0.3, 0.4) is 0 Å². The topological polar surface area (TPSA) is 78.7 Å². The van der Waals surface area contributed by atoms with Gasteiger partial charge in [0, 0.05) is 18.2 Å². The van der Waals surface area contributed by atoms with Crippen LogP contribution in [0.2, 0.25) is 0 Å². The zero-order valence-electron chi connectivity index (χ0n) is 15.6. The molecule has 1 heterocycles. The van der Waals surface area contributed by atoms with Crippen LogP contribution in [-0.2, 0) is 13.1 Å². The molecule has 0 unspecified atom stereocenters. The Morgan fingerprint density at radius 1 is 1.19 bits per heavy atom. The van der Waals surface area contributed by atoms with E-state index in [1.54, 1.807) is 18.4 Å². The maximum atomic E-state index is 12.3. The van der Waals surface area contributed by atoms with Gasteiger partial charge in [0.15, 0.2) is 5.96 Å². The second-order valence-electron chi connectivity index (χ2n) is 6.44. The lowest BCUT2D eigenvalue weighted by atomic mass is 10.1. The Bertz CT molecular complexity index is 788. The molecular formula is C21H26N4O2. The third-order valence-electron chi connectivity index (χ3n) is 4.31. The maximum absolute atomic E-state index is 12.3. The fraction of sp³-hybridized carbons (Fsp3) is 0.333. The quantitative estimate of drug-likeness (QED) is 0.400. The highest BCUT2D eigenvalue weighted by Crippen LogP contribution is 2.10. The van der Waals surface area contributed by atoms with Crippen LogP contribution in [0.5, 0.6) is 0 Å². The van der Waals surface area contributed by atoms with E-state index in [1.807, 2.05) is 31.2 Å². The number of rotatable bonds is 7. The highest BCUT2D eigenvalue weighted by atomic mass is 16.3. The number of hydrogen-bond donors (Lipinski definition) is 3. The van der Waals surface area contributed by atoms with Crippen molar-refractivity contribution in [2.75, 3.05) is 6.54 Å². The van der Waals surface area contributed by atoms with E-state index in [0.29, 0.717) is 24.7 Å². The lowest BCUT2D eigenvalue weighted by molar-refractivity contribution is 0.0948. The summed E-state index contributed by atoms with van der Waals surface area (Å²) in [5.41, 5.74) is 1.61. The zero-order chi connectivity index (χ0) is 18.9. The number of guanidine groups is 1. The smallest absolute Gasteiger partial charge is 0.251 e. The van der Waals surface area contributed by atoms with Crippen LogP contribution in [0.15, 0.2) is 64.2 Å². The molecule has 27 heavy (non-hydrogen) atoms. The van der Waals surface area contributed by atoms with Crippen molar-refractivity contribution in [3.8, 4) is 0 Å². The summed E-state index contributed by atoms with van der Waals surface area (Å²) in [6.45, 7) is 3.74. The van der Waals surface area contributed by atoms with Gasteiger partial charge in [-0.15, -0.1) is 0 Å². The van der Waals surface area contributed by atoms with Gasteiger partial charge in [-0.25, -0.2) is 4.99 Å². The minimum Gasteiger partial charge on any atom is -0.467 e. The number of carbonyl (C=O) groups excluding carboxylic acids is 1. The van der Waals surface area contributed by atoms with Gasteiger partial charge in [0.1, 0.15) is 5.76 Å². The van der Waals surface area contributed by atoms with Gasteiger partial charge in [-0.3, -0.25) is 4.79 Å². The summed E-state index contributed by atoms with van der Waals surface area (Å²) in [7, 11) is 0. The van der Waals surface area contributed by atoms with Gasteiger partial charge in [0.05, 0.1) is 19.4 Å². The van der Waals surface area contributed by atoms with Crippen LogP contribution >= 0.6 is 0 Å². The first kappa shape index (κ1) is 18.8. The summed E-state index contributed by atoms with van der Waals surface area (Å²) in [6, 6.07) is 11.6. The molecule has 0 atom stereocenters. The molecule has 0 saturated heterocycles. The number of furan rings is 1. The second kappa shape index (κ2) is 9.62. The highest BCUT2D eigenvalue weighted by Gasteiger charge is 2.12. The number of hydrogen-bond acceptors (Lipinski definition) is 3. The average Bonchev–Trinajstić information content (AvgIpc) is 3.38. The van der Waals surface area contributed by atoms with E-state index in [4.69, 9.17) is 4.42 Å². The number of nitrogens with zero attached hydrogens (tertiary/aromatic N) is 1. The first-order valence-electron chi connectivity index (χ1n) is 9.34. The minimum absolute atomic E-state index is 0.126. The van der Waals surface area contributed by atoms with E-state index >= 15 is 0 Å². The van der Waals surface area contributed by atoms with E-state index in [9.17, 15) is 4.79 Å². The third-order valence-corrected chi connectivity index (χ3v) is 4.31. The predicted octanol–water partition coefficient (Wildman–Crippen LogP) is 2.98. The lowest BCUT2D eigenvalue weighted by Gasteiger charge is -2.16. The van der Waals surface area contributed by atoms with Crippen molar-refractivity contribution in [1.82, 2.24) is 16.0 Å². The number of nitrogens with one attached hydrogen (secondary N) is 3. The molecule has 0 fully saturated rings. The number of aliphatic imine (C=N–C) groups is 1. The van der Waals surface area contributed by atoms with E-state index < -0.39 is 0 Å².